The number of hydrogen-bond donors (Lipinski definition) is 2. The maximum absolute atomic E-state index is 11.3. The third kappa shape index (κ3) is 2.52. The van der Waals surface area contributed by atoms with Crippen molar-refractivity contribution >= 4 is 27.6 Å². The Morgan fingerprint density at radius 2 is 2.00 bits per heavy atom. The fourth-order valence-corrected chi connectivity index (χ4v) is 5.39. The highest BCUT2D eigenvalue weighted by Gasteiger charge is 2.42. The minimum atomic E-state index is -2.90. The molecule has 0 amide bonds. The molecule has 2 heterocycles. The molecule has 16 heavy (non-hydrogen) atoms. The minimum Gasteiger partial charge on any atom is -0.480 e. The number of aliphatic carboxylic acids is 1. The largest absolute Gasteiger partial charge is 0.480 e. The van der Waals surface area contributed by atoms with Gasteiger partial charge in [0.05, 0.1) is 16.4 Å². The van der Waals surface area contributed by atoms with Gasteiger partial charge in [-0.2, -0.15) is 0 Å². The summed E-state index contributed by atoms with van der Waals surface area (Å²) >= 11 is 1.67. The van der Waals surface area contributed by atoms with Crippen LogP contribution in [0.15, 0.2) is 0 Å². The Hall–Kier alpha value is -0.270. The van der Waals surface area contributed by atoms with E-state index >= 15 is 0 Å². The molecule has 2 rings (SSSR count). The van der Waals surface area contributed by atoms with E-state index in [1.165, 1.54) is 0 Å². The van der Waals surface area contributed by atoms with E-state index in [1.54, 1.807) is 11.8 Å². The van der Waals surface area contributed by atoms with Gasteiger partial charge in [-0.3, -0.25) is 10.1 Å². The molecule has 0 aromatic carbocycles. The summed E-state index contributed by atoms with van der Waals surface area (Å²) in [6.07, 6.45) is 1.64. The summed E-state index contributed by atoms with van der Waals surface area (Å²) in [6, 6.07) is -0.526. The van der Waals surface area contributed by atoms with Gasteiger partial charge in [-0.05, 0) is 25.0 Å². The van der Waals surface area contributed by atoms with Crippen molar-refractivity contribution in [1.82, 2.24) is 5.32 Å². The second kappa shape index (κ2) is 4.19. The highest BCUT2D eigenvalue weighted by molar-refractivity contribution is 8.00. The van der Waals surface area contributed by atoms with E-state index in [0.717, 1.165) is 5.75 Å². The summed E-state index contributed by atoms with van der Waals surface area (Å²) in [6.45, 7) is 0. The summed E-state index contributed by atoms with van der Waals surface area (Å²) in [5, 5.41) is 12.1. The molecule has 1 spiro atoms. The van der Waals surface area contributed by atoms with Gasteiger partial charge in [-0.25, -0.2) is 8.42 Å². The first-order chi connectivity index (χ1) is 7.43. The molecule has 0 radical (unpaired) electrons. The second-order valence-corrected chi connectivity index (χ2v) is 8.10. The highest BCUT2D eigenvalue weighted by atomic mass is 32.2. The summed E-state index contributed by atoms with van der Waals surface area (Å²) in [4.78, 5) is 10.6. The first kappa shape index (κ1) is 12.2. The SMILES string of the molecule is O=C(O)C1CCSC2(CCS(=O)(=O)CC2)N1. The quantitative estimate of drug-likeness (QED) is 0.698. The van der Waals surface area contributed by atoms with E-state index < -0.39 is 21.8 Å². The van der Waals surface area contributed by atoms with E-state index in [1.807, 2.05) is 0 Å². The van der Waals surface area contributed by atoms with Crippen LogP contribution in [0.3, 0.4) is 0 Å². The van der Waals surface area contributed by atoms with E-state index in [0.29, 0.717) is 19.3 Å². The lowest BCUT2D eigenvalue weighted by Crippen LogP contribution is -2.57. The van der Waals surface area contributed by atoms with Gasteiger partial charge in [0, 0.05) is 0 Å². The zero-order valence-corrected chi connectivity index (χ0v) is 10.4. The molecule has 0 aliphatic carbocycles. The first-order valence-corrected chi connectivity index (χ1v) is 8.08. The predicted molar refractivity (Wildman–Crippen MR) is 62.3 cm³/mol. The van der Waals surface area contributed by atoms with Gasteiger partial charge < -0.3 is 5.11 Å². The molecular weight excluding hydrogens is 250 g/mol. The van der Waals surface area contributed by atoms with Crippen LogP contribution < -0.4 is 5.32 Å². The smallest absolute Gasteiger partial charge is 0.320 e. The van der Waals surface area contributed by atoms with Crippen LogP contribution in [0, 0.1) is 0 Å². The number of rotatable bonds is 1. The molecule has 2 saturated heterocycles. The summed E-state index contributed by atoms with van der Waals surface area (Å²) in [7, 11) is -2.90. The first-order valence-electron chi connectivity index (χ1n) is 5.27. The second-order valence-electron chi connectivity index (χ2n) is 4.32. The van der Waals surface area contributed by atoms with Crippen molar-refractivity contribution in [2.24, 2.45) is 0 Å². The van der Waals surface area contributed by atoms with Crippen LogP contribution in [0.25, 0.3) is 0 Å². The molecular formula is C9H15NO4S2. The molecule has 0 bridgehead atoms. The number of carboxylic acid groups (broad SMARTS) is 1. The van der Waals surface area contributed by atoms with E-state index in [-0.39, 0.29) is 16.4 Å². The molecule has 2 fully saturated rings. The number of carboxylic acids is 1. The van der Waals surface area contributed by atoms with Gasteiger partial charge in [0.2, 0.25) is 0 Å². The molecule has 0 saturated carbocycles. The molecule has 92 valence electrons. The van der Waals surface area contributed by atoms with Crippen molar-refractivity contribution in [2.45, 2.75) is 30.2 Å². The lowest BCUT2D eigenvalue weighted by Gasteiger charge is -2.42. The molecule has 1 unspecified atom stereocenters. The monoisotopic (exact) mass is 265 g/mol. The Morgan fingerprint density at radius 1 is 1.38 bits per heavy atom. The number of sulfone groups is 1. The molecule has 1 atom stereocenters. The molecule has 7 heteroatoms. The topological polar surface area (TPSA) is 83.5 Å². The Labute approximate surface area is 98.9 Å². The molecule has 5 nitrogen and oxygen atoms in total. The van der Waals surface area contributed by atoms with Crippen molar-refractivity contribution in [3.63, 3.8) is 0 Å². The number of carbonyl (C=O) groups is 1. The van der Waals surface area contributed by atoms with Crippen molar-refractivity contribution in [1.29, 1.82) is 0 Å². The fraction of sp³-hybridized carbons (Fsp3) is 0.889. The average Bonchev–Trinajstić information content (AvgIpc) is 2.24. The van der Waals surface area contributed by atoms with Gasteiger partial charge in [-0.1, -0.05) is 0 Å². The summed E-state index contributed by atoms with van der Waals surface area (Å²) in [5.74, 6) is 0.274. The normalized spacial score (nSPS) is 32.4. The van der Waals surface area contributed by atoms with Crippen molar-refractivity contribution in [2.75, 3.05) is 17.3 Å². The van der Waals surface area contributed by atoms with Crippen LogP contribution in [-0.4, -0.2) is 47.7 Å². The Balaban J connectivity index is 2.06. The maximum Gasteiger partial charge on any atom is 0.320 e. The van der Waals surface area contributed by atoms with Crippen molar-refractivity contribution < 1.29 is 18.3 Å². The third-order valence-corrected chi connectivity index (χ3v) is 6.32. The lowest BCUT2D eigenvalue weighted by molar-refractivity contribution is -0.140. The number of thioether (sulfide) groups is 1. The molecule has 0 aromatic rings. The van der Waals surface area contributed by atoms with E-state index in [4.69, 9.17) is 5.11 Å². The van der Waals surface area contributed by atoms with Crippen LogP contribution in [-0.2, 0) is 14.6 Å². The zero-order valence-electron chi connectivity index (χ0n) is 8.81. The van der Waals surface area contributed by atoms with Crippen LogP contribution in [0.4, 0.5) is 0 Å². The van der Waals surface area contributed by atoms with Gasteiger partial charge in [0.15, 0.2) is 9.84 Å². The third-order valence-electron chi connectivity index (χ3n) is 3.15. The highest BCUT2D eigenvalue weighted by Crippen LogP contribution is 2.38. The van der Waals surface area contributed by atoms with Crippen LogP contribution in [0.1, 0.15) is 19.3 Å². The van der Waals surface area contributed by atoms with Crippen LogP contribution in [0.2, 0.25) is 0 Å². The molecule has 2 aliphatic rings. The van der Waals surface area contributed by atoms with Crippen molar-refractivity contribution in [3.8, 4) is 0 Å². The van der Waals surface area contributed by atoms with Crippen LogP contribution in [0.5, 0.6) is 0 Å². The Kier molecular flexibility index (Phi) is 3.20. The van der Waals surface area contributed by atoms with Gasteiger partial charge in [0.25, 0.3) is 0 Å². The fourth-order valence-electron chi connectivity index (χ4n) is 2.15. The van der Waals surface area contributed by atoms with Gasteiger partial charge in [-0.15, -0.1) is 11.8 Å². The average molecular weight is 265 g/mol. The van der Waals surface area contributed by atoms with Gasteiger partial charge in [0.1, 0.15) is 6.04 Å². The number of hydrogen-bond acceptors (Lipinski definition) is 5. The molecule has 2 N–H and O–H groups in total. The maximum atomic E-state index is 11.3. The van der Waals surface area contributed by atoms with Gasteiger partial charge >= 0.3 is 5.97 Å². The van der Waals surface area contributed by atoms with Crippen molar-refractivity contribution in [3.05, 3.63) is 0 Å². The standard InChI is InChI=1S/C9H15NO4S2/c11-8(12)7-1-4-15-9(10-7)2-5-16(13,14)6-3-9/h7,10H,1-6H2,(H,11,12). The Morgan fingerprint density at radius 3 is 2.56 bits per heavy atom. The number of nitrogens with one attached hydrogen (secondary N) is 1. The minimum absolute atomic E-state index is 0.166. The molecule has 2 aliphatic heterocycles. The summed E-state index contributed by atoms with van der Waals surface area (Å²) < 4.78 is 22.7. The zero-order chi connectivity index (χ0) is 11.8. The lowest BCUT2D eigenvalue weighted by atomic mass is 10.1. The van der Waals surface area contributed by atoms with E-state index in [2.05, 4.69) is 5.32 Å². The van der Waals surface area contributed by atoms with Crippen LogP contribution >= 0.6 is 11.8 Å². The predicted octanol–water partition coefficient (Wildman–Crippen LogP) is 0.0710. The van der Waals surface area contributed by atoms with E-state index in [9.17, 15) is 13.2 Å². The molecule has 0 aromatic heterocycles. The Bertz CT molecular complexity index is 378. The summed E-state index contributed by atoms with van der Waals surface area (Å²) in [5.41, 5.74) is 0.